The number of para-hydroxylation sites is 1. The lowest BCUT2D eigenvalue weighted by molar-refractivity contribution is -0.149. The third-order valence-corrected chi connectivity index (χ3v) is 7.59. The summed E-state index contributed by atoms with van der Waals surface area (Å²) in [5, 5.41) is 22.4. The number of ether oxygens (including phenoxy) is 2. The molecule has 3 unspecified atom stereocenters. The smallest absolute Gasteiger partial charge is 0.459 e. The van der Waals surface area contributed by atoms with Crippen molar-refractivity contribution in [2.45, 2.75) is 64.5 Å². The number of nitrogens with one attached hydrogen (secondary N) is 2. The molecule has 0 saturated carbocycles. The number of benzene rings is 1. The van der Waals surface area contributed by atoms with Crippen LogP contribution in [0.25, 0.3) is 0 Å². The van der Waals surface area contributed by atoms with Gasteiger partial charge in [-0.3, -0.25) is 23.7 Å². The van der Waals surface area contributed by atoms with Crippen LogP contribution < -0.4 is 20.9 Å². The number of aliphatic hydroxyl groups is 2. The highest BCUT2D eigenvalue weighted by Gasteiger charge is 2.48. The zero-order chi connectivity index (χ0) is 28.8. The number of hydrogen-bond acceptors (Lipinski definition) is 10. The number of nitrogens with zero attached hydrogens (tertiary/aromatic N) is 1. The fraction of sp³-hybridized carbons (Fsp3) is 0.480. The lowest BCUT2D eigenvalue weighted by atomic mass is 9.92. The molecular formula is C25H34N3O10P. The molecule has 1 aromatic heterocycles. The van der Waals surface area contributed by atoms with E-state index in [2.05, 4.69) is 10.1 Å². The molecule has 1 aliphatic rings. The second-order valence-corrected chi connectivity index (χ2v) is 11.1. The highest BCUT2D eigenvalue weighted by Crippen LogP contribution is 2.49. The topological polar surface area (TPSA) is 178 Å². The minimum absolute atomic E-state index is 0.000357. The van der Waals surface area contributed by atoms with Crippen LogP contribution in [0.1, 0.15) is 45.4 Å². The lowest BCUT2D eigenvalue weighted by Gasteiger charge is -2.32. The monoisotopic (exact) mass is 567 g/mol. The molecule has 39 heavy (non-hydrogen) atoms. The van der Waals surface area contributed by atoms with Gasteiger partial charge in [-0.15, -0.1) is 0 Å². The van der Waals surface area contributed by atoms with Crippen LogP contribution in [0.2, 0.25) is 0 Å². The summed E-state index contributed by atoms with van der Waals surface area (Å²) in [6.45, 7) is 5.38. The first-order valence-electron chi connectivity index (χ1n) is 12.3. The Labute approximate surface area is 225 Å². The SMILES string of the molecule is Cc1cn([C@H]2C/C(=C\O)C(CCO)(COP(=O)(NC(C)C(=O)OC(C)C)Oc3ccccc3)O2)c(=O)[nH]c1=O. The van der Waals surface area contributed by atoms with E-state index in [1.54, 1.807) is 44.2 Å². The summed E-state index contributed by atoms with van der Waals surface area (Å²) in [6.07, 6.45) is 0.601. The molecule has 214 valence electrons. The predicted octanol–water partition coefficient (Wildman–Crippen LogP) is 2.46. The van der Waals surface area contributed by atoms with E-state index >= 15 is 0 Å². The van der Waals surface area contributed by atoms with Gasteiger partial charge in [-0.1, -0.05) is 18.2 Å². The molecule has 0 aliphatic carbocycles. The second kappa shape index (κ2) is 12.8. The Bertz CT molecular complexity index is 1340. The van der Waals surface area contributed by atoms with Gasteiger partial charge in [0.05, 0.1) is 19.0 Å². The lowest BCUT2D eigenvalue weighted by Crippen LogP contribution is -2.41. The van der Waals surface area contributed by atoms with E-state index in [1.807, 2.05) is 0 Å². The molecular weight excluding hydrogens is 533 g/mol. The summed E-state index contributed by atoms with van der Waals surface area (Å²) in [5.74, 6) is -0.496. The third kappa shape index (κ3) is 7.46. The number of aliphatic hydroxyl groups excluding tert-OH is 2. The van der Waals surface area contributed by atoms with Crippen LogP contribution in [0.4, 0.5) is 0 Å². The first-order chi connectivity index (χ1) is 18.4. The van der Waals surface area contributed by atoms with Gasteiger partial charge in [-0.25, -0.2) is 9.36 Å². The summed E-state index contributed by atoms with van der Waals surface area (Å²) in [5.41, 5.74) is -2.30. The molecule has 1 aromatic carbocycles. The van der Waals surface area contributed by atoms with Crippen LogP contribution in [0.15, 0.2) is 58.0 Å². The number of aromatic amines is 1. The van der Waals surface area contributed by atoms with Gasteiger partial charge >= 0.3 is 19.4 Å². The van der Waals surface area contributed by atoms with Crippen molar-refractivity contribution in [1.82, 2.24) is 14.6 Å². The molecule has 1 fully saturated rings. The molecule has 2 aromatic rings. The molecule has 4 N–H and O–H groups in total. The zero-order valence-electron chi connectivity index (χ0n) is 22.2. The van der Waals surface area contributed by atoms with Crippen molar-refractivity contribution >= 4 is 13.7 Å². The Morgan fingerprint density at radius 1 is 1.31 bits per heavy atom. The van der Waals surface area contributed by atoms with Crippen LogP contribution in [0.3, 0.4) is 0 Å². The molecule has 1 aliphatic heterocycles. The molecule has 0 spiro atoms. The van der Waals surface area contributed by atoms with Gasteiger partial charge < -0.3 is 24.2 Å². The Hall–Kier alpha value is -3.22. The van der Waals surface area contributed by atoms with Crippen molar-refractivity contribution in [2.24, 2.45) is 0 Å². The molecule has 14 heteroatoms. The summed E-state index contributed by atoms with van der Waals surface area (Å²) >= 11 is 0. The highest BCUT2D eigenvalue weighted by atomic mass is 31.2. The molecule has 2 heterocycles. The molecule has 0 amide bonds. The van der Waals surface area contributed by atoms with Gasteiger partial charge in [0, 0.05) is 36.8 Å². The van der Waals surface area contributed by atoms with Gasteiger partial charge in [0.1, 0.15) is 23.6 Å². The molecule has 13 nitrogen and oxygen atoms in total. The maximum atomic E-state index is 13.9. The average Bonchev–Trinajstić information content (AvgIpc) is 3.23. The average molecular weight is 568 g/mol. The number of aromatic nitrogens is 2. The number of hydrogen-bond donors (Lipinski definition) is 4. The standard InChI is InChI=1S/C25H34N3O10P/c1-16(2)36-23(32)18(4)27-39(34,38-20-8-6-5-7-9-20)35-15-25(10-11-29)19(14-30)12-21(37-25)28-13-17(3)22(31)26-24(28)33/h5-9,13-14,16,18,21,29-30H,10-12,15H2,1-4H3,(H,27,34)(H,26,31,33)/b19-14+/t18?,21-,25?,39?/m1/s1. The van der Waals surface area contributed by atoms with Crippen molar-refractivity contribution in [1.29, 1.82) is 0 Å². The fourth-order valence-corrected chi connectivity index (χ4v) is 5.54. The molecule has 3 rings (SSSR count). The zero-order valence-corrected chi connectivity index (χ0v) is 23.1. The molecule has 0 bridgehead atoms. The predicted molar refractivity (Wildman–Crippen MR) is 140 cm³/mol. The van der Waals surface area contributed by atoms with E-state index in [0.717, 1.165) is 10.8 Å². The van der Waals surface area contributed by atoms with Crippen molar-refractivity contribution in [3.8, 4) is 5.75 Å². The number of carbonyl (C=O) groups is 1. The Kier molecular flexibility index (Phi) is 9.92. The van der Waals surface area contributed by atoms with E-state index < -0.39 is 62.2 Å². The summed E-state index contributed by atoms with van der Waals surface area (Å²) in [7, 11) is -4.30. The van der Waals surface area contributed by atoms with E-state index in [1.165, 1.54) is 20.0 Å². The normalized spacial score (nSPS) is 22.5. The van der Waals surface area contributed by atoms with Crippen LogP contribution >= 0.6 is 7.75 Å². The van der Waals surface area contributed by atoms with Crippen molar-refractivity contribution in [3.05, 3.63) is 74.8 Å². The van der Waals surface area contributed by atoms with E-state index in [0.29, 0.717) is 0 Å². The largest absolute Gasteiger partial charge is 0.516 e. The number of esters is 1. The minimum atomic E-state index is -4.30. The van der Waals surface area contributed by atoms with Gasteiger partial charge in [0.25, 0.3) is 5.56 Å². The van der Waals surface area contributed by atoms with Gasteiger partial charge in [-0.2, -0.15) is 5.09 Å². The van der Waals surface area contributed by atoms with E-state index in [-0.39, 0.29) is 29.7 Å². The maximum absolute atomic E-state index is 13.9. The molecule has 4 atom stereocenters. The molecule has 1 saturated heterocycles. The van der Waals surface area contributed by atoms with Crippen LogP contribution in [-0.2, 0) is 23.4 Å². The minimum Gasteiger partial charge on any atom is -0.516 e. The van der Waals surface area contributed by atoms with Crippen molar-refractivity contribution < 1.29 is 38.1 Å². The third-order valence-electron chi connectivity index (χ3n) is 5.96. The maximum Gasteiger partial charge on any atom is 0.459 e. The van der Waals surface area contributed by atoms with Crippen LogP contribution in [0, 0.1) is 6.92 Å². The van der Waals surface area contributed by atoms with Crippen molar-refractivity contribution in [2.75, 3.05) is 13.2 Å². The summed E-state index contributed by atoms with van der Waals surface area (Å²) in [4.78, 5) is 38.9. The summed E-state index contributed by atoms with van der Waals surface area (Å²) < 4.78 is 37.8. The Morgan fingerprint density at radius 2 is 2.00 bits per heavy atom. The van der Waals surface area contributed by atoms with Crippen LogP contribution in [-0.4, -0.2) is 56.7 Å². The number of H-pyrrole nitrogens is 1. The fourth-order valence-electron chi connectivity index (χ4n) is 4.00. The van der Waals surface area contributed by atoms with Gasteiger partial charge in [-0.05, 0) is 39.8 Å². The number of rotatable bonds is 12. The highest BCUT2D eigenvalue weighted by molar-refractivity contribution is 7.52. The van der Waals surface area contributed by atoms with Gasteiger partial charge in [0.15, 0.2) is 0 Å². The Morgan fingerprint density at radius 3 is 2.62 bits per heavy atom. The summed E-state index contributed by atoms with van der Waals surface area (Å²) in [6, 6.07) is 7.05. The number of carbonyl (C=O) groups excluding carboxylic acids is 1. The number of aryl methyl sites for hydroxylation is 1. The quantitative estimate of drug-likeness (QED) is 0.168. The second-order valence-electron chi connectivity index (χ2n) is 9.39. The Balaban J connectivity index is 1.91. The van der Waals surface area contributed by atoms with Gasteiger partial charge in [0.2, 0.25) is 0 Å². The van der Waals surface area contributed by atoms with E-state index in [9.17, 15) is 29.2 Å². The molecule has 0 radical (unpaired) electrons. The van der Waals surface area contributed by atoms with E-state index in [4.69, 9.17) is 18.5 Å². The van der Waals surface area contributed by atoms with Crippen LogP contribution in [0.5, 0.6) is 5.75 Å². The first kappa shape index (κ1) is 30.3. The van der Waals surface area contributed by atoms with Crippen molar-refractivity contribution in [3.63, 3.8) is 0 Å². The first-order valence-corrected chi connectivity index (χ1v) is 13.9.